The zero-order chi connectivity index (χ0) is 19.2. The summed E-state index contributed by atoms with van der Waals surface area (Å²) in [7, 11) is 0. The van der Waals surface area contributed by atoms with Crippen LogP contribution in [0.25, 0.3) is 0 Å². The molecule has 2 aliphatic rings. The van der Waals surface area contributed by atoms with E-state index in [0.29, 0.717) is 12.8 Å². The summed E-state index contributed by atoms with van der Waals surface area (Å²) in [6.45, 7) is 8.94. The molecule has 27 heavy (non-hydrogen) atoms. The first-order valence-corrected chi connectivity index (χ1v) is 9.94. The van der Waals surface area contributed by atoms with Crippen molar-refractivity contribution < 1.29 is 9.32 Å². The summed E-state index contributed by atoms with van der Waals surface area (Å²) in [6, 6.07) is 0.227. The monoisotopic (exact) mass is 368 g/mol. The Hall–Kier alpha value is -2.24. The highest BCUT2D eigenvalue weighted by atomic mass is 16.5. The van der Waals surface area contributed by atoms with Crippen molar-refractivity contribution in [3.8, 4) is 0 Å². The summed E-state index contributed by atoms with van der Waals surface area (Å²) in [5.41, 5.74) is 4.31. The molecule has 0 N–H and O–H groups in total. The minimum Gasteiger partial charge on any atom is -0.361 e. The summed E-state index contributed by atoms with van der Waals surface area (Å²) in [5.74, 6) is 1.88. The Morgan fingerprint density at radius 1 is 1.37 bits per heavy atom. The first kappa shape index (κ1) is 18.1. The van der Waals surface area contributed by atoms with Crippen LogP contribution in [0.5, 0.6) is 0 Å². The van der Waals surface area contributed by atoms with E-state index in [4.69, 9.17) is 9.51 Å². The van der Waals surface area contributed by atoms with Crippen molar-refractivity contribution in [2.75, 3.05) is 6.54 Å². The number of hydrogen-bond donors (Lipinski definition) is 0. The number of piperidine rings is 1. The lowest BCUT2D eigenvalue weighted by Crippen LogP contribution is -2.58. The van der Waals surface area contributed by atoms with Crippen molar-refractivity contribution in [1.29, 1.82) is 0 Å². The fourth-order valence-corrected chi connectivity index (χ4v) is 5.03. The first-order chi connectivity index (χ1) is 12.9. The van der Waals surface area contributed by atoms with E-state index in [9.17, 15) is 4.79 Å². The number of amides is 1. The molecule has 0 spiro atoms. The van der Waals surface area contributed by atoms with Crippen molar-refractivity contribution in [1.82, 2.24) is 20.0 Å². The first-order valence-electron chi connectivity index (χ1n) is 9.94. The van der Waals surface area contributed by atoms with Crippen LogP contribution in [0.15, 0.2) is 10.7 Å². The molecule has 2 atom stereocenters. The van der Waals surface area contributed by atoms with Crippen molar-refractivity contribution in [3.05, 3.63) is 40.3 Å². The van der Waals surface area contributed by atoms with Gasteiger partial charge in [-0.05, 0) is 58.4 Å². The molecule has 2 aromatic rings. The number of fused-ring (bicyclic) bond motifs is 3. The molecule has 2 aromatic heterocycles. The standard InChI is InChI=1S/C21H28N4O2/c1-13-17(14(2)27-24-13)7-9-19(26)25-11-5-10-21(4)18(25)8-6-16-12-22-15(3)23-20(16)21/h12,18H,5-11H2,1-4H3/t18?,21-/m1/s1. The molecule has 1 saturated heterocycles. The second-order valence-electron chi connectivity index (χ2n) is 8.26. The molecule has 1 unspecified atom stereocenters. The molecule has 144 valence electrons. The molecule has 0 bridgehead atoms. The van der Waals surface area contributed by atoms with Crippen LogP contribution < -0.4 is 0 Å². The summed E-state index contributed by atoms with van der Waals surface area (Å²) in [6.07, 6.45) is 7.22. The Kier molecular flexibility index (Phi) is 4.52. The van der Waals surface area contributed by atoms with Gasteiger partial charge in [0.15, 0.2) is 0 Å². The van der Waals surface area contributed by atoms with Gasteiger partial charge in [0.1, 0.15) is 11.6 Å². The van der Waals surface area contributed by atoms with Gasteiger partial charge >= 0.3 is 0 Å². The molecule has 3 heterocycles. The fraction of sp³-hybridized carbons (Fsp3) is 0.619. The van der Waals surface area contributed by atoms with Crippen LogP contribution in [0.1, 0.15) is 66.7 Å². The van der Waals surface area contributed by atoms with E-state index in [1.165, 1.54) is 5.56 Å². The average molecular weight is 368 g/mol. The summed E-state index contributed by atoms with van der Waals surface area (Å²) < 4.78 is 5.24. The van der Waals surface area contributed by atoms with Crippen LogP contribution in [0, 0.1) is 20.8 Å². The van der Waals surface area contributed by atoms with Gasteiger partial charge in [-0.25, -0.2) is 9.97 Å². The topological polar surface area (TPSA) is 72.1 Å². The Morgan fingerprint density at radius 3 is 2.93 bits per heavy atom. The highest BCUT2D eigenvalue weighted by Gasteiger charge is 2.48. The minimum absolute atomic E-state index is 0.0712. The lowest BCUT2D eigenvalue weighted by atomic mass is 9.65. The average Bonchev–Trinajstić information content (AvgIpc) is 2.97. The number of likely N-dealkylation sites (tertiary alicyclic amines) is 1. The number of hydrogen-bond acceptors (Lipinski definition) is 5. The van der Waals surface area contributed by atoms with Gasteiger partial charge in [-0.1, -0.05) is 12.1 Å². The van der Waals surface area contributed by atoms with E-state index in [-0.39, 0.29) is 17.4 Å². The van der Waals surface area contributed by atoms with Gasteiger partial charge in [0.2, 0.25) is 5.91 Å². The summed E-state index contributed by atoms with van der Waals surface area (Å²) in [4.78, 5) is 24.4. The molecule has 1 aliphatic heterocycles. The summed E-state index contributed by atoms with van der Waals surface area (Å²) >= 11 is 0. The van der Waals surface area contributed by atoms with Gasteiger partial charge < -0.3 is 9.42 Å². The second kappa shape index (κ2) is 6.73. The Balaban J connectivity index is 1.55. The molecule has 1 aliphatic carbocycles. The normalized spacial score (nSPS) is 24.4. The van der Waals surface area contributed by atoms with Crippen LogP contribution in [0.2, 0.25) is 0 Å². The second-order valence-corrected chi connectivity index (χ2v) is 8.26. The molecular formula is C21H28N4O2. The SMILES string of the molecule is Cc1ncc2c(n1)[C@]1(C)CCCN(C(=O)CCc3c(C)noc3C)C1CC2. The van der Waals surface area contributed by atoms with Crippen molar-refractivity contribution >= 4 is 5.91 Å². The third-order valence-electron chi connectivity index (χ3n) is 6.51. The number of aromatic nitrogens is 3. The number of aryl methyl sites for hydroxylation is 4. The molecule has 0 saturated carbocycles. The van der Waals surface area contributed by atoms with Gasteiger partial charge in [-0.2, -0.15) is 0 Å². The molecule has 0 aromatic carbocycles. The van der Waals surface area contributed by atoms with E-state index in [1.807, 2.05) is 27.0 Å². The van der Waals surface area contributed by atoms with E-state index < -0.39 is 0 Å². The maximum atomic E-state index is 13.1. The summed E-state index contributed by atoms with van der Waals surface area (Å²) in [5, 5.41) is 4.00. The van der Waals surface area contributed by atoms with Crippen molar-refractivity contribution in [2.24, 2.45) is 0 Å². The molecule has 4 rings (SSSR count). The highest BCUT2D eigenvalue weighted by molar-refractivity contribution is 5.77. The van der Waals surface area contributed by atoms with Gasteiger partial charge in [0.05, 0.1) is 11.4 Å². The number of carbonyl (C=O) groups excluding carboxylic acids is 1. The van der Waals surface area contributed by atoms with Crippen LogP contribution in [-0.4, -0.2) is 38.5 Å². The highest BCUT2D eigenvalue weighted by Crippen LogP contribution is 2.44. The zero-order valence-corrected chi connectivity index (χ0v) is 16.7. The van der Waals surface area contributed by atoms with Crippen LogP contribution >= 0.6 is 0 Å². The van der Waals surface area contributed by atoms with E-state index in [2.05, 4.69) is 22.0 Å². The fourth-order valence-electron chi connectivity index (χ4n) is 5.03. The number of nitrogens with zero attached hydrogens (tertiary/aromatic N) is 4. The quantitative estimate of drug-likeness (QED) is 0.832. The molecule has 6 nitrogen and oxygen atoms in total. The molecule has 0 radical (unpaired) electrons. The predicted octanol–water partition coefficient (Wildman–Crippen LogP) is 3.22. The van der Waals surface area contributed by atoms with Crippen LogP contribution in [0.4, 0.5) is 0 Å². The minimum atomic E-state index is -0.0712. The lowest BCUT2D eigenvalue weighted by molar-refractivity contribution is -0.137. The van der Waals surface area contributed by atoms with Crippen LogP contribution in [0.3, 0.4) is 0 Å². The number of carbonyl (C=O) groups is 1. The third-order valence-corrected chi connectivity index (χ3v) is 6.51. The van der Waals surface area contributed by atoms with E-state index >= 15 is 0 Å². The Bertz CT molecular complexity index is 856. The van der Waals surface area contributed by atoms with E-state index in [0.717, 1.165) is 60.8 Å². The Morgan fingerprint density at radius 2 is 2.19 bits per heavy atom. The number of rotatable bonds is 3. The zero-order valence-electron chi connectivity index (χ0n) is 16.7. The Labute approximate surface area is 160 Å². The van der Waals surface area contributed by atoms with Crippen molar-refractivity contribution in [3.63, 3.8) is 0 Å². The van der Waals surface area contributed by atoms with Gasteiger partial charge in [0.25, 0.3) is 0 Å². The van der Waals surface area contributed by atoms with E-state index in [1.54, 1.807) is 0 Å². The smallest absolute Gasteiger partial charge is 0.223 e. The molecule has 1 fully saturated rings. The molecule has 6 heteroatoms. The van der Waals surface area contributed by atoms with Gasteiger partial charge in [-0.15, -0.1) is 0 Å². The van der Waals surface area contributed by atoms with Crippen LogP contribution in [-0.2, 0) is 23.1 Å². The third kappa shape index (κ3) is 3.05. The largest absolute Gasteiger partial charge is 0.361 e. The van der Waals surface area contributed by atoms with Gasteiger partial charge in [-0.3, -0.25) is 4.79 Å². The predicted molar refractivity (Wildman–Crippen MR) is 101 cm³/mol. The maximum absolute atomic E-state index is 13.1. The molecule has 1 amide bonds. The maximum Gasteiger partial charge on any atom is 0.223 e. The lowest BCUT2D eigenvalue weighted by Gasteiger charge is -2.51. The van der Waals surface area contributed by atoms with Gasteiger partial charge in [0, 0.05) is 36.2 Å². The van der Waals surface area contributed by atoms with Crippen molar-refractivity contribution in [2.45, 2.75) is 77.7 Å². The molecular weight excluding hydrogens is 340 g/mol.